The van der Waals surface area contributed by atoms with Gasteiger partial charge in [0, 0.05) is 6.42 Å². The fourth-order valence-electron chi connectivity index (χ4n) is 9.03. The van der Waals surface area contributed by atoms with E-state index in [4.69, 9.17) is 5.11 Å². The average molecular weight is 434 g/mol. The number of rotatable bonds is 6. The molecule has 4 fully saturated rings. The zero-order valence-electron chi connectivity index (χ0n) is 19.7. The van der Waals surface area contributed by atoms with Crippen LogP contribution < -0.4 is 5.32 Å². The maximum atomic E-state index is 12.0. The molecule has 2 unspecified atom stereocenters. The Bertz CT molecular complexity index is 695. The summed E-state index contributed by atoms with van der Waals surface area (Å²) in [5, 5.41) is 21.5. The van der Waals surface area contributed by atoms with E-state index in [0.717, 1.165) is 37.0 Å². The van der Waals surface area contributed by atoms with E-state index >= 15 is 0 Å². The Hall–Kier alpha value is -1.10. The van der Waals surface area contributed by atoms with Crippen molar-refractivity contribution in [2.24, 2.45) is 46.3 Å². The number of nitrogens with one attached hydrogen (secondary N) is 1. The van der Waals surface area contributed by atoms with Crippen molar-refractivity contribution in [2.75, 3.05) is 6.54 Å². The van der Waals surface area contributed by atoms with Crippen LogP contribution in [0.4, 0.5) is 0 Å². The topological polar surface area (TPSA) is 86.6 Å². The van der Waals surface area contributed by atoms with Crippen molar-refractivity contribution >= 4 is 11.9 Å². The van der Waals surface area contributed by atoms with E-state index in [1.165, 1.54) is 44.9 Å². The highest BCUT2D eigenvalue weighted by Gasteiger charge is 2.60. The number of carboxylic acid groups (broad SMARTS) is 1. The molecular formula is C26H43NO4. The minimum Gasteiger partial charge on any atom is -0.480 e. The first kappa shape index (κ1) is 23.1. The maximum absolute atomic E-state index is 12.0. The van der Waals surface area contributed by atoms with Gasteiger partial charge in [-0.2, -0.15) is 0 Å². The molecule has 0 heterocycles. The fraction of sp³-hybridized carbons (Fsp3) is 0.923. The van der Waals surface area contributed by atoms with Crippen molar-refractivity contribution in [3.8, 4) is 0 Å². The number of aliphatic hydroxyl groups excluding tert-OH is 1. The Morgan fingerprint density at radius 1 is 1.00 bits per heavy atom. The summed E-state index contributed by atoms with van der Waals surface area (Å²) in [6, 6.07) is 0. The Balaban J connectivity index is 1.40. The molecule has 0 aromatic heterocycles. The van der Waals surface area contributed by atoms with Gasteiger partial charge in [0.05, 0.1) is 6.10 Å². The quantitative estimate of drug-likeness (QED) is 0.570. The highest BCUT2D eigenvalue weighted by atomic mass is 16.4. The Labute approximate surface area is 187 Å². The minimum absolute atomic E-state index is 0.0760. The first-order valence-electron chi connectivity index (χ1n) is 12.8. The SMILES string of the molecule is CC(CCC(=O)NCC(=O)O)[C@H]1CC[C@H]2[C@@H]3CCC4C[C@H](O)CC[C@]4(C)[C@H]3CC[C@]12C. The lowest BCUT2D eigenvalue weighted by Gasteiger charge is -2.61. The standard InChI is InChI=1S/C26H43NO4/c1-16(4-9-23(29)27-15-24(30)31)20-7-8-21-19-6-5-17-14-18(28)10-12-25(17,2)22(19)11-13-26(20,21)3/h16-22,28H,4-15H2,1-3H3,(H,27,29)(H,30,31)/t16?,17?,18-,19+,20-,21+,22+,25+,26-/m1/s1. The van der Waals surface area contributed by atoms with Gasteiger partial charge in [-0.1, -0.05) is 20.8 Å². The number of carboxylic acids is 1. The fourth-order valence-corrected chi connectivity index (χ4v) is 9.03. The van der Waals surface area contributed by atoms with Gasteiger partial charge in [-0.3, -0.25) is 9.59 Å². The van der Waals surface area contributed by atoms with Gasteiger partial charge in [0.1, 0.15) is 6.54 Å². The number of hydrogen-bond donors (Lipinski definition) is 3. The van der Waals surface area contributed by atoms with Crippen molar-refractivity contribution in [3.63, 3.8) is 0 Å². The lowest BCUT2D eigenvalue weighted by Crippen LogP contribution is -2.54. The van der Waals surface area contributed by atoms with Crippen LogP contribution in [-0.2, 0) is 9.59 Å². The predicted octanol–water partition coefficient (Wildman–Crippen LogP) is 4.62. The molecular weight excluding hydrogens is 390 g/mol. The number of carbonyl (C=O) groups is 2. The average Bonchev–Trinajstić information content (AvgIpc) is 3.08. The van der Waals surface area contributed by atoms with Crippen LogP contribution in [0.25, 0.3) is 0 Å². The van der Waals surface area contributed by atoms with E-state index in [2.05, 4.69) is 26.1 Å². The van der Waals surface area contributed by atoms with E-state index in [0.29, 0.717) is 35.0 Å². The molecule has 0 spiro atoms. The van der Waals surface area contributed by atoms with E-state index in [1.54, 1.807) is 0 Å². The molecule has 9 atom stereocenters. The summed E-state index contributed by atoms with van der Waals surface area (Å²) in [4.78, 5) is 22.7. The zero-order valence-corrected chi connectivity index (χ0v) is 19.7. The molecule has 176 valence electrons. The lowest BCUT2D eigenvalue weighted by molar-refractivity contribution is -0.138. The third-order valence-electron chi connectivity index (χ3n) is 10.7. The number of hydrogen-bond acceptors (Lipinski definition) is 3. The van der Waals surface area contributed by atoms with Crippen molar-refractivity contribution in [3.05, 3.63) is 0 Å². The molecule has 0 aliphatic heterocycles. The molecule has 31 heavy (non-hydrogen) atoms. The Kier molecular flexibility index (Phi) is 6.46. The normalized spacial score (nSPS) is 45.2. The molecule has 0 radical (unpaired) electrons. The summed E-state index contributed by atoms with van der Waals surface area (Å²) >= 11 is 0. The summed E-state index contributed by atoms with van der Waals surface area (Å²) in [6.07, 6.45) is 12.3. The monoisotopic (exact) mass is 433 g/mol. The lowest BCUT2D eigenvalue weighted by atomic mass is 9.44. The summed E-state index contributed by atoms with van der Waals surface area (Å²) < 4.78 is 0. The molecule has 0 saturated heterocycles. The van der Waals surface area contributed by atoms with Gasteiger partial charge in [-0.05, 0) is 111 Å². The van der Waals surface area contributed by atoms with Gasteiger partial charge >= 0.3 is 5.97 Å². The van der Waals surface area contributed by atoms with Crippen LogP contribution in [0, 0.1) is 46.3 Å². The van der Waals surface area contributed by atoms with Crippen LogP contribution in [0.15, 0.2) is 0 Å². The van der Waals surface area contributed by atoms with Gasteiger partial charge < -0.3 is 15.5 Å². The van der Waals surface area contributed by atoms with E-state index in [-0.39, 0.29) is 18.6 Å². The van der Waals surface area contributed by atoms with Gasteiger partial charge in [-0.15, -0.1) is 0 Å². The number of carbonyl (C=O) groups excluding carboxylic acids is 1. The van der Waals surface area contributed by atoms with Gasteiger partial charge in [0.2, 0.25) is 5.91 Å². The molecule has 4 rings (SSSR count). The van der Waals surface area contributed by atoms with Gasteiger partial charge in [0.25, 0.3) is 0 Å². The van der Waals surface area contributed by atoms with Crippen LogP contribution in [0.5, 0.6) is 0 Å². The largest absolute Gasteiger partial charge is 0.480 e. The maximum Gasteiger partial charge on any atom is 0.322 e. The number of aliphatic carboxylic acids is 1. The predicted molar refractivity (Wildman–Crippen MR) is 120 cm³/mol. The first-order chi connectivity index (χ1) is 14.6. The van der Waals surface area contributed by atoms with E-state index < -0.39 is 5.97 Å². The van der Waals surface area contributed by atoms with Crippen molar-refractivity contribution in [2.45, 2.75) is 97.5 Å². The first-order valence-corrected chi connectivity index (χ1v) is 12.8. The number of fused-ring (bicyclic) bond motifs is 5. The van der Waals surface area contributed by atoms with Crippen molar-refractivity contribution < 1.29 is 19.8 Å². The molecule has 0 aromatic rings. The highest BCUT2D eigenvalue weighted by Crippen LogP contribution is 2.68. The highest BCUT2D eigenvalue weighted by molar-refractivity contribution is 5.81. The molecule has 5 nitrogen and oxygen atoms in total. The van der Waals surface area contributed by atoms with Crippen LogP contribution in [-0.4, -0.2) is 34.7 Å². The van der Waals surface area contributed by atoms with Crippen molar-refractivity contribution in [1.29, 1.82) is 0 Å². The number of aliphatic hydroxyl groups is 1. The van der Waals surface area contributed by atoms with Crippen LogP contribution in [0.3, 0.4) is 0 Å². The Morgan fingerprint density at radius 2 is 1.71 bits per heavy atom. The third kappa shape index (κ3) is 4.16. The second-order valence-corrected chi connectivity index (χ2v) is 12.0. The van der Waals surface area contributed by atoms with E-state index in [1.807, 2.05) is 0 Å². The second kappa shape index (κ2) is 8.68. The molecule has 0 aromatic carbocycles. The molecule has 1 amide bonds. The van der Waals surface area contributed by atoms with Crippen LogP contribution in [0.1, 0.15) is 91.4 Å². The van der Waals surface area contributed by atoms with Gasteiger partial charge in [0.15, 0.2) is 0 Å². The molecule has 4 saturated carbocycles. The molecule has 4 aliphatic rings. The summed E-state index contributed by atoms with van der Waals surface area (Å²) in [6.45, 7) is 7.13. The molecule has 3 N–H and O–H groups in total. The smallest absolute Gasteiger partial charge is 0.322 e. The Morgan fingerprint density at radius 3 is 2.45 bits per heavy atom. The molecule has 4 aliphatic carbocycles. The summed E-state index contributed by atoms with van der Waals surface area (Å²) in [7, 11) is 0. The number of amides is 1. The second-order valence-electron chi connectivity index (χ2n) is 12.0. The third-order valence-corrected chi connectivity index (χ3v) is 10.7. The molecule has 5 heteroatoms. The zero-order chi connectivity index (χ0) is 22.4. The van der Waals surface area contributed by atoms with Crippen molar-refractivity contribution in [1.82, 2.24) is 5.32 Å². The van der Waals surface area contributed by atoms with Crippen LogP contribution >= 0.6 is 0 Å². The van der Waals surface area contributed by atoms with Crippen LogP contribution in [0.2, 0.25) is 0 Å². The summed E-state index contributed by atoms with van der Waals surface area (Å²) in [5.74, 6) is 3.23. The van der Waals surface area contributed by atoms with E-state index in [9.17, 15) is 14.7 Å². The summed E-state index contributed by atoms with van der Waals surface area (Å²) in [5.41, 5.74) is 0.810. The molecule has 0 bridgehead atoms. The van der Waals surface area contributed by atoms with Gasteiger partial charge in [-0.25, -0.2) is 0 Å². The minimum atomic E-state index is -0.986.